The number of nitrogens with zero attached hydrogens (tertiary/aromatic N) is 2. The van der Waals surface area contributed by atoms with Crippen LogP contribution in [0.1, 0.15) is 31.2 Å². The van der Waals surface area contributed by atoms with Gasteiger partial charge in [-0.05, 0) is 37.0 Å². The minimum atomic E-state index is 0.371. The Hall–Kier alpha value is -0.870. The number of halogens is 1. The number of likely N-dealkylation sites (tertiary alicyclic amines) is 2. The van der Waals surface area contributed by atoms with Crippen LogP contribution in [0.4, 0.5) is 0 Å². The van der Waals surface area contributed by atoms with Crippen LogP contribution < -0.4 is 0 Å². The summed E-state index contributed by atoms with van der Waals surface area (Å²) in [5.41, 5.74) is 1.36. The van der Waals surface area contributed by atoms with E-state index in [1.165, 1.54) is 5.56 Å². The van der Waals surface area contributed by atoms with Crippen molar-refractivity contribution in [1.82, 2.24) is 9.80 Å². The molecule has 0 aliphatic carbocycles. The van der Waals surface area contributed by atoms with E-state index in [9.17, 15) is 4.79 Å². The lowest BCUT2D eigenvalue weighted by atomic mass is 10.0. The summed E-state index contributed by atoms with van der Waals surface area (Å²) in [5, 5.41) is 0. The summed E-state index contributed by atoms with van der Waals surface area (Å²) in [6, 6.07) is 9.02. The third-order valence-corrected chi connectivity index (χ3v) is 4.90. The van der Waals surface area contributed by atoms with Gasteiger partial charge in [0.2, 0.25) is 5.91 Å². The lowest BCUT2D eigenvalue weighted by molar-refractivity contribution is -0.130. The number of carbonyl (C=O) groups is 1. The van der Waals surface area contributed by atoms with E-state index in [-0.39, 0.29) is 0 Å². The molecule has 0 N–H and O–H groups in total. The largest absolute Gasteiger partial charge is 0.340 e. The minimum absolute atomic E-state index is 0.371. The van der Waals surface area contributed by atoms with Gasteiger partial charge in [-0.2, -0.15) is 0 Å². The van der Waals surface area contributed by atoms with Crippen molar-refractivity contribution in [1.29, 1.82) is 0 Å². The van der Waals surface area contributed by atoms with E-state index in [2.05, 4.69) is 50.0 Å². The smallest absolute Gasteiger partial charge is 0.222 e. The van der Waals surface area contributed by atoms with E-state index in [0.29, 0.717) is 11.9 Å². The third kappa shape index (κ3) is 3.23. The first-order chi connectivity index (χ1) is 9.72. The predicted molar refractivity (Wildman–Crippen MR) is 83.4 cm³/mol. The van der Waals surface area contributed by atoms with Crippen LogP contribution in [-0.4, -0.2) is 41.4 Å². The number of hydrogen-bond acceptors (Lipinski definition) is 2. The van der Waals surface area contributed by atoms with Gasteiger partial charge in [0, 0.05) is 43.1 Å². The normalized spacial score (nSPS) is 21.6. The average Bonchev–Trinajstić information content (AvgIpc) is 2.86. The fraction of sp³-hybridized carbons (Fsp3) is 0.562. The van der Waals surface area contributed by atoms with Crippen molar-refractivity contribution >= 4 is 21.8 Å². The van der Waals surface area contributed by atoms with E-state index in [4.69, 9.17) is 0 Å². The summed E-state index contributed by atoms with van der Waals surface area (Å²) >= 11 is 3.53. The van der Waals surface area contributed by atoms with Crippen molar-refractivity contribution in [3.63, 3.8) is 0 Å². The van der Waals surface area contributed by atoms with Crippen molar-refractivity contribution in [3.8, 4) is 0 Å². The molecule has 0 atom stereocenters. The molecule has 0 aromatic heterocycles. The van der Waals surface area contributed by atoms with Gasteiger partial charge < -0.3 is 4.90 Å². The van der Waals surface area contributed by atoms with Crippen LogP contribution in [0.2, 0.25) is 0 Å². The molecule has 4 heteroatoms. The van der Waals surface area contributed by atoms with Crippen LogP contribution in [0.25, 0.3) is 0 Å². The molecule has 108 valence electrons. The van der Waals surface area contributed by atoms with Crippen LogP contribution in [0.15, 0.2) is 28.7 Å². The molecule has 20 heavy (non-hydrogen) atoms. The summed E-state index contributed by atoms with van der Waals surface area (Å²) in [6.07, 6.45) is 4.06. The number of benzene rings is 1. The Labute approximate surface area is 129 Å². The topological polar surface area (TPSA) is 23.6 Å². The van der Waals surface area contributed by atoms with Gasteiger partial charge in [-0.25, -0.2) is 0 Å². The molecule has 2 aliphatic rings. The van der Waals surface area contributed by atoms with Crippen LogP contribution in [-0.2, 0) is 11.3 Å². The summed E-state index contributed by atoms with van der Waals surface area (Å²) in [7, 11) is 0. The van der Waals surface area contributed by atoms with Crippen LogP contribution in [0, 0.1) is 0 Å². The van der Waals surface area contributed by atoms with Crippen molar-refractivity contribution in [2.45, 2.75) is 38.3 Å². The van der Waals surface area contributed by atoms with Gasteiger partial charge in [0.05, 0.1) is 0 Å². The summed E-state index contributed by atoms with van der Waals surface area (Å²) in [6.45, 7) is 4.19. The van der Waals surface area contributed by atoms with Crippen LogP contribution in [0.3, 0.4) is 0 Å². The highest BCUT2D eigenvalue weighted by Gasteiger charge is 2.30. The summed E-state index contributed by atoms with van der Waals surface area (Å²) in [5.74, 6) is 0.371. The van der Waals surface area contributed by atoms with Crippen molar-refractivity contribution in [2.75, 3.05) is 19.6 Å². The molecule has 3 rings (SSSR count). The fourth-order valence-corrected chi connectivity index (χ4v) is 3.78. The molecule has 2 heterocycles. The zero-order valence-corrected chi connectivity index (χ0v) is 13.3. The molecule has 2 saturated heterocycles. The molecule has 0 unspecified atom stereocenters. The highest BCUT2D eigenvalue weighted by molar-refractivity contribution is 9.10. The summed E-state index contributed by atoms with van der Waals surface area (Å²) in [4.78, 5) is 16.4. The van der Waals surface area contributed by atoms with Gasteiger partial charge in [0.15, 0.2) is 0 Å². The van der Waals surface area contributed by atoms with E-state index in [1.807, 2.05) is 0 Å². The first kappa shape index (κ1) is 14.1. The molecule has 3 nitrogen and oxygen atoms in total. The Balaban J connectivity index is 1.52. The van der Waals surface area contributed by atoms with E-state index in [0.717, 1.165) is 56.3 Å². The Morgan fingerprint density at radius 1 is 1.20 bits per heavy atom. The monoisotopic (exact) mass is 336 g/mol. The second-order valence-corrected chi connectivity index (χ2v) is 6.74. The number of amides is 1. The Morgan fingerprint density at radius 2 is 2.00 bits per heavy atom. The second kappa shape index (κ2) is 6.27. The van der Waals surface area contributed by atoms with Crippen molar-refractivity contribution in [3.05, 3.63) is 34.3 Å². The maximum absolute atomic E-state index is 11.8. The SMILES string of the molecule is O=C1CCCN1C1CCN(Cc2cccc(Br)c2)CC1. The zero-order chi connectivity index (χ0) is 13.9. The lowest BCUT2D eigenvalue weighted by Crippen LogP contribution is -2.45. The van der Waals surface area contributed by atoms with E-state index < -0.39 is 0 Å². The van der Waals surface area contributed by atoms with Crippen LogP contribution in [0.5, 0.6) is 0 Å². The van der Waals surface area contributed by atoms with Crippen molar-refractivity contribution in [2.24, 2.45) is 0 Å². The number of hydrogen-bond donors (Lipinski definition) is 0. The van der Waals surface area contributed by atoms with Gasteiger partial charge >= 0.3 is 0 Å². The highest BCUT2D eigenvalue weighted by atomic mass is 79.9. The molecule has 0 saturated carbocycles. The molecular weight excluding hydrogens is 316 g/mol. The Bertz CT molecular complexity index is 483. The quantitative estimate of drug-likeness (QED) is 0.846. The van der Waals surface area contributed by atoms with Gasteiger partial charge in [-0.15, -0.1) is 0 Å². The number of carbonyl (C=O) groups excluding carboxylic acids is 1. The average molecular weight is 337 g/mol. The number of rotatable bonds is 3. The maximum Gasteiger partial charge on any atom is 0.222 e. The second-order valence-electron chi connectivity index (χ2n) is 5.83. The molecule has 0 bridgehead atoms. The van der Waals surface area contributed by atoms with Gasteiger partial charge in [0.25, 0.3) is 0 Å². The highest BCUT2D eigenvalue weighted by Crippen LogP contribution is 2.23. The number of piperidine rings is 1. The Morgan fingerprint density at radius 3 is 2.65 bits per heavy atom. The fourth-order valence-electron chi connectivity index (χ4n) is 3.34. The zero-order valence-electron chi connectivity index (χ0n) is 11.7. The standard InChI is InChI=1S/C16H21BrN2O/c17-14-4-1-3-13(11-14)12-18-9-6-15(7-10-18)19-8-2-5-16(19)20/h1,3-4,11,15H,2,5-10,12H2. The lowest BCUT2D eigenvalue weighted by Gasteiger charge is -2.36. The Kier molecular flexibility index (Phi) is 4.41. The van der Waals surface area contributed by atoms with Crippen molar-refractivity contribution < 1.29 is 4.79 Å². The molecule has 1 aromatic carbocycles. The van der Waals surface area contributed by atoms with E-state index >= 15 is 0 Å². The molecule has 1 aromatic rings. The first-order valence-corrected chi connectivity index (χ1v) is 8.28. The van der Waals surface area contributed by atoms with Gasteiger partial charge in [-0.1, -0.05) is 28.1 Å². The molecule has 0 spiro atoms. The maximum atomic E-state index is 11.8. The molecule has 2 aliphatic heterocycles. The summed E-state index contributed by atoms with van der Waals surface area (Å²) < 4.78 is 1.15. The third-order valence-electron chi connectivity index (χ3n) is 4.40. The van der Waals surface area contributed by atoms with Crippen LogP contribution >= 0.6 is 15.9 Å². The van der Waals surface area contributed by atoms with Gasteiger partial charge in [-0.3, -0.25) is 9.69 Å². The first-order valence-electron chi connectivity index (χ1n) is 7.48. The predicted octanol–water partition coefficient (Wildman–Crippen LogP) is 3.04. The minimum Gasteiger partial charge on any atom is -0.340 e. The van der Waals surface area contributed by atoms with E-state index in [1.54, 1.807) is 0 Å². The molecule has 2 fully saturated rings. The molecule has 1 amide bonds. The molecular formula is C16H21BrN2O. The van der Waals surface area contributed by atoms with Gasteiger partial charge in [0.1, 0.15) is 0 Å². The molecule has 0 radical (unpaired) electrons.